The Morgan fingerprint density at radius 1 is 0.947 bits per heavy atom. The van der Waals surface area contributed by atoms with Crippen LogP contribution in [0.25, 0.3) is 22.2 Å². The molecule has 2 aliphatic rings. The van der Waals surface area contributed by atoms with E-state index in [1.165, 1.54) is 17.0 Å². The average Bonchev–Trinajstić information content (AvgIpc) is 3.83. The fourth-order valence-corrected chi connectivity index (χ4v) is 7.77. The molecule has 6 rings (SSSR count). The predicted octanol–water partition coefficient (Wildman–Crippen LogP) is 5.35. The number of nitrogens with zero attached hydrogens (tertiary/aromatic N) is 2. The Hall–Kier alpha value is -5.70. The molecule has 3 aromatic carbocycles. The molecule has 3 atom stereocenters. The normalized spacial score (nSPS) is 18.1. The van der Waals surface area contributed by atoms with Crippen LogP contribution >= 0.6 is 0 Å². The molecule has 4 aromatic rings. The van der Waals surface area contributed by atoms with Crippen LogP contribution < -0.4 is 24.8 Å². The minimum atomic E-state index is -4.21. The summed E-state index contributed by atoms with van der Waals surface area (Å²) in [6.07, 6.45) is -1.03. The number of benzene rings is 3. The van der Waals surface area contributed by atoms with E-state index in [1.807, 2.05) is 56.3 Å². The Morgan fingerprint density at radius 3 is 2.23 bits per heavy atom. The topological polar surface area (TPSA) is 182 Å². The van der Waals surface area contributed by atoms with Crippen molar-refractivity contribution in [3.63, 3.8) is 0 Å². The van der Waals surface area contributed by atoms with Crippen molar-refractivity contribution >= 4 is 44.7 Å². The van der Waals surface area contributed by atoms with Crippen molar-refractivity contribution in [3.8, 4) is 22.8 Å². The highest BCUT2D eigenvalue weighted by atomic mass is 32.2. The Balaban J connectivity index is 1.28. The van der Waals surface area contributed by atoms with Gasteiger partial charge in [-0.2, -0.15) is 0 Å². The van der Waals surface area contributed by atoms with Crippen molar-refractivity contribution in [1.82, 2.24) is 25.2 Å². The first kappa shape index (κ1) is 40.9. The average molecular weight is 800 g/mol. The van der Waals surface area contributed by atoms with E-state index in [1.54, 1.807) is 58.2 Å². The van der Waals surface area contributed by atoms with Gasteiger partial charge in [0, 0.05) is 42.0 Å². The number of aromatic nitrogens is 1. The number of rotatable bonds is 13. The zero-order valence-corrected chi connectivity index (χ0v) is 33.7. The molecule has 14 nitrogen and oxygen atoms in total. The number of pyridine rings is 1. The van der Waals surface area contributed by atoms with Crippen LogP contribution in [0.15, 0.2) is 89.8 Å². The van der Waals surface area contributed by atoms with E-state index >= 15 is 0 Å². The smallest absolute Gasteiger partial charge is 0.407 e. The van der Waals surface area contributed by atoms with Gasteiger partial charge in [0.15, 0.2) is 0 Å². The molecule has 0 radical (unpaired) electrons. The number of carbonyl (C=O) groups excluding carboxylic acids is 4. The summed E-state index contributed by atoms with van der Waals surface area (Å²) in [5.74, 6) is -1.01. The van der Waals surface area contributed by atoms with Crippen LogP contribution in [0.4, 0.5) is 4.79 Å². The van der Waals surface area contributed by atoms with Gasteiger partial charge in [-0.3, -0.25) is 14.4 Å². The molecule has 1 aliphatic heterocycles. The lowest BCUT2D eigenvalue weighted by Crippen LogP contribution is -2.55. The molecule has 57 heavy (non-hydrogen) atoms. The van der Waals surface area contributed by atoms with Gasteiger partial charge < -0.3 is 29.7 Å². The van der Waals surface area contributed by atoms with Crippen LogP contribution in [0.2, 0.25) is 0 Å². The number of alkyl carbamates (subject to hydrolysis) is 1. The molecule has 15 heteroatoms. The molecule has 2 fully saturated rings. The van der Waals surface area contributed by atoms with Crippen LogP contribution in [0.3, 0.4) is 0 Å². The van der Waals surface area contributed by atoms with Gasteiger partial charge >= 0.3 is 6.09 Å². The maximum atomic E-state index is 14.2. The lowest BCUT2D eigenvalue weighted by molar-refractivity contribution is -0.140. The van der Waals surface area contributed by atoms with E-state index < -0.39 is 63.2 Å². The first-order valence-corrected chi connectivity index (χ1v) is 20.4. The number of fused-ring (bicyclic) bond motifs is 1. The highest BCUT2D eigenvalue weighted by Gasteiger charge is 2.54. The number of amides is 4. The summed E-state index contributed by atoms with van der Waals surface area (Å²) in [5.41, 5.74) is -0.118. The van der Waals surface area contributed by atoms with Gasteiger partial charge in [-0.1, -0.05) is 62.4 Å². The molecular formula is C42H49N5O9S. The van der Waals surface area contributed by atoms with Crippen LogP contribution in [0, 0.1) is 5.92 Å². The van der Waals surface area contributed by atoms with Gasteiger partial charge in [-0.15, -0.1) is 0 Å². The number of carbonyl (C=O) groups is 4. The summed E-state index contributed by atoms with van der Waals surface area (Å²) >= 11 is 0. The van der Waals surface area contributed by atoms with Gasteiger partial charge in [0.25, 0.3) is 15.9 Å². The van der Waals surface area contributed by atoms with E-state index in [2.05, 4.69) is 15.4 Å². The minimum Gasteiger partial charge on any atom is -0.497 e. The van der Waals surface area contributed by atoms with Crippen LogP contribution in [0.1, 0.15) is 60.3 Å². The molecule has 3 N–H and O–H groups in total. The standard InChI is InChI=1S/C42H49N5O9S/c1-26(2)32(44-40(51)56-41(3,4)5)24-37(48)47-25-29(55-36-23-33(27-13-9-7-10-14-27)43-34-21-28(54-6)17-18-31(34)36)22-35(47)38(49)45-42(19-20-42)39(50)46-57(52,53)30-15-11-8-12-16-30/h7-18,21,23,26,29,32,35H,19-20,22,24-25H2,1-6H3,(H,44,51)(H,45,49)(H,46,50)/t29-,32-,35+/m1/s1. The molecule has 1 aromatic heterocycles. The van der Waals surface area contributed by atoms with Gasteiger partial charge in [0.2, 0.25) is 11.8 Å². The summed E-state index contributed by atoms with van der Waals surface area (Å²) in [5, 5.41) is 6.28. The van der Waals surface area contributed by atoms with Crippen molar-refractivity contribution in [2.24, 2.45) is 5.92 Å². The number of nitrogens with one attached hydrogen (secondary N) is 3. The molecular weight excluding hydrogens is 751 g/mol. The fourth-order valence-electron chi connectivity index (χ4n) is 6.69. The zero-order valence-electron chi connectivity index (χ0n) is 32.9. The maximum Gasteiger partial charge on any atom is 0.407 e. The van der Waals surface area contributed by atoms with Crippen molar-refractivity contribution < 1.29 is 41.8 Å². The number of ether oxygens (including phenoxy) is 3. The molecule has 0 spiro atoms. The van der Waals surface area contributed by atoms with Crippen LogP contribution in [-0.2, 0) is 29.1 Å². The third-order valence-electron chi connectivity index (χ3n) is 9.96. The van der Waals surface area contributed by atoms with E-state index in [0.717, 1.165) is 5.56 Å². The van der Waals surface area contributed by atoms with Gasteiger partial charge in [0.1, 0.15) is 34.8 Å². The highest BCUT2D eigenvalue weighted by molar-refractivity contribution is 7.90. The molecule has 2 heterocycles. The third-order valence-corrected chi connectivity index (χ3v) is 11.3. The van der Waals surface area contributed by atoms with E-state index in [0.29, 0.717) is 28.1 Å². The summed E-state index contributed by atoms with van der Waals surface area (Å²) in [6, 6.07) is 22.6. The second-order valence-electron chi connectivity index (χ2n) is 15.8. The number of likely N-dealkylation sites (tertiary alicyclic amines) is 1. The van der Waals surface area contributed by atoms with E-state index in [4.69, 9.17) is 19.2 Å². The third kappa shape index (κ3) is 9.82. The monoisotopic (exact) mass is 799 g/mol. The predicted molar refractivity (Wildman–Crippen MR) is 213 cm³/mol. The Kier molecular flexibility index (Phi) is 11.8. The molecule has 302 valence electrons. The Morgan fingerprint density at radius 2 is 1.61 bits per heavy atom. The maximum absolute atomic E-state index is 14.2. The number of hydrogen-bond donors (Lipinski definition) is 3. The second-order valence-corrected chi connectivity index (χ2v) is 17.5. The van der Waals surface area contributed by atoms with Crippen LogP contribution in [-0.4, -0.2) is 85.1 Å². The fraction of sp³-hybridized carbons (Fsp3) is 0.405. The van der Waals surface area contributed by atoms with Crippen LogP contribution in [0.5, 0.6) is 11.5 Å². The number of sulfonamides is 1. The molecule has 0 bridgehead atoms. The van der Waals surface area contributed by atoms with E-state index in [-0.39, 0.29) is 43.0 Å². The zero-order chi connectivity index (χ0) is 41.1. The largest absolute Gasteiger partial charge is 0.497 e. The SMILES string of the molecule is COc1ccc2c(O[C@@H]3C[C@@H](C(=O)NC4(C(=O)NS(=O)(=O)c5ccccc5)CC4)N(C(=O)C[C@@H](NC(=O)OC(C)(C)C)C(C)C)C3)cc(-c3ccccc3)nc2c1. The van der Waals surface area contributed by atoms with E-state index in [9.17, 15) is 27.6 Å². The summed E-state index contributed by atoms with van der Waals surface area (Å²) in [4.78, 5) is 60.9. The first-order chi connectivity index (χ1) is 27.0. The summed E-state index contributed by atoms with van der Waals surface area (Å²) in [6.45, 7) is 8.96. The lowest BCUT2D eigenvalue weighted by Gasteiger charge is -2.29. The quantitative estimate of drug-likeness (QED) is 0.159. The number of methoxy groups -OCH3 is 1. The molecule has 1 aliphatic carbocycles. The first-order valence-electron chi connectivity index (χ1n) is 18.9. The molecule has 1 saturated heterocycles. The summed E-state index contributed by atoms with van der Waals surface area (Å²) < 4.78 is 45.7. The lowest BCUT2D eigenvalue weighted by atomic mass is 10.00. The van der Waals surface area contributed by atoms with Crippen molar-refractivity contribution in [2.45, 2.75) is 94.5 Å². The summed E-state index contributed by atoms with van der Waals surface area (Å²) in [7, 11) is -2.64. The second kappa shape index (κ2) is 16.4. The highest BCUT2D eigenvalue weighted by Crippen LogP contribution is 2.38. The molecule has 0 unspecified atom stereocenters. The number of hydrogen-bond acceptors (Lipinski definition) is 10. The van der Waals surface area contributed by atoms with Gasteiger partial charge in [-0.25, -0.2) is 22.9 Å². The van der Waals surface area contributed by atoms with Crippen molar-refractivity contribution in [3.05, 3.63) is 84.9 Å². The minimum absolute atomic E-state index is 0.0103. The van der Waals surface area contributed by atoms with Crippen molar-refractivity contribution in [1.29, 1.82) is 0 Å². The van der Waals surface area contributed by atoms with Crippen molar-refractivity contribution in [2.75, 3.05) is 13.7 Å². The molecule has 4 amide bonds. The van der Waals surface area contributed by atoms with Gasteiger partial charge in [0.05, 0.1) is 29.8 Å². The van der Waals surface area contributed by atoms with Gasteiger partial charge in [-0.05, 0) is 63.8 Å². The molecule has 1 saturated carbocycles. The Labute approximate surface area is 332 Å². The Bertz CT molecular complexity index is 2240.